The first-order chi connectivity index (χ1) is 6.68. The molecule has 0 radical (unpaired) electrons. The van der Waals surface area contributed by atoms with E-state index in [1.165, 1.54) is 11.3 Å². The molecule has 76 valence electrons. The molecule has 0 saturated carbocycles. The highest BCUT2D eigenvalue weighted by Gasteiger charge is 1.95. The molecule has 1 heteroatoms. The summed E-state index contributed by atoms with van der Waals surface area (Å²) in [7, 11) is 0. The predicted octanol–water partition coefficient (Wildman–Crippen LogP) is 3.49. The van der Waals surface area contributed by atoms with Crippen LogP contribution in [0.4, 0.5) is 0 Å². The monoisotopic (exact) mass is 189 g/mol. The van der Waals surface area contributed by atoms with Gasteiger partial charge in [0.05, 0.1) is 0 Å². The summed E-state index contributed by atoms with van der Waals surface area (Å²) in [5.41, 5.74) is 2.65. The number of hydrogen-bond acceptors (Lipinski definition) is 1. The Labute approximate surface area is 86.9 Å². The molecule has 0 aliphatic heterocycles. The zero-order valence-electron chi connectivity index (χ0n) is 9.33. The first kappa shape index (κ1) is 11.0. The maximum absolute atomic E-state index is 4.51. The lowest BCUT2D eigenvalue weighted by atomic mass is 10.1. The molecule has 0 unspecified atom stereocenters. The van der Waals surface area contributed by atoms with Gasteiger partial charge in [-0.15, -0.1) is 0 Å². The summed E-state index contributed by atoms with van der Waals surface area (Å²) in [5, 5.41) is 0. The van der Waals surface area contributed by atoms with E-state index in [1.807, 2.05) is 0 Å². The van der Waals surface area contributed by atoms with E-state index in [1.54, 1.807) is 0 Å². The molecule has 0 aliphatic rings. The minimum absolute atomic E-state index is 0.422. The Morgan fingerprint density at radius 3 is 2.43 bits per heavy atom. The summed E-state index contributed by atoms with van der Waals surface area (Å²) in [6.07, 6.45) is 2.17. The van der Waals surface area contributed by atoms with Crippen molar-refractivity contribution in [3.05, 3.63) is 35.9 Å². The highest BCUT2D eigenvalue weighted by atomic mass is 14.8. The van der Waals surface area contributed by atoms with Gasteiger partial charge < -0.3 is 0 Å². The Bertz CT molecular complexity index is 285. The van der Waals surface area contributed by atoms with Crippen molar-refractivity contribution >= 4 is 5.71 Å². The first-order valence-electron chi connectivity index (χ1n) is 5.25. The summed E-state index contributed by atoms with van der Waals surface area (Å²) in [6, 6.07) is 11.0. The maximum atomic E-state index is 4.51. The van der Waals surface area contributed by atoms with Crippen LogP contribution < -0.4 is 0 Å². The number of aliphatic imine (C=N–C) groups is 1. The SMILES string of the molecule is CC(CCc1ccccc1)=NC(C)C. The average Bonchev–Trinajstić information content (AvgIpc) is 2.15. The Morgan fingerprint density at radius 2 is 1.86 bits per heavy atom. The molecule has 0 spiro atoms. The lowest BCUT2D eigenvalue weighted by Crippen LogP contribution is -2.00. The molecule has 1 aromatic rings. The van der Waals surface area contributed by atoms with E-state index in [4.69, 9.17) is 0 Å². The van der Waals surface area contributed by atoms with E-state index in [9.17, 15) is 0 Å². The van der Waals surface area contributed by atoms with Gasteiger partial charge in [0.1, 0.15) is 0 Å². The van der Waals surface area contributed by atoms with Gasteiger partial charge in [0.2, 0.25) is 0 Å². The summed E-state index contributed by atoms with van der Waals surface area (Å²) >= 11 is 0. The lowest BCUT2D eigenvalue weighted by molar-refractivity contribution is 0.825. The fourth-order valence-electron chi connectivity index (χ4n) is 1.48. The molecule has 0 bridgehead atoms. The van der Waals surface area contributed by atoms with E-state index in [-0.39, 0.29) is 0 Å². The topological polar surface area (TPSA) is 12.4 Å². The lowest BCUT2D eigenvalue weighted by Gasteiger charge is -2.03. The van der Waals surface area contributed by atoms with Crippen LogP contribution in [0.1, 0.15) is 32.8 Å². The summed E-state index contributed by atoms with van der Waals surface area (Å²) < 4.78 is 0. The maximum Gasteiger partial charge on any atom is 0.0442 e. The van der Waals surface area contributed by atoms with Gasteiger partial charge in [-0.2, -0.15) is 0 Å². The molecule has 0 saturated heterocycles. The molecule has 1 aromatic carbocycles. The van der Waals surface area contributed by atoms with Gasteiger partial charge in [0.25, 0.3) is 0 Å². The highest BCUT2D eigenvalue weighted by Crippen LogP contribution is 2.04. The van der Waals surface area contributed by atoms with Gasteiger partial charge in [0.15, 0.2) is 0 Å². The average molecular weight is 189 g/mol. The van der Waals surface area contributed by atoms with Crippen molar-refractivity contribution in [3.63, 3.8) is 0 Å². The third kappa shape index (κ3) is 4.22. The zero-order valence-corrected chi connectivity index (χ0v) is 9.33. The van der Waals surface area contributed by atoms with Gasteiger partial charge in [-0.25, -0.2) is 0 Å². The first-order valence-corrected chi connectivity index (χ1v) is 5.25. The fraction of sp³-hybridized carbons (Fsp3) is 0.462. The van der Waals surface area contributed by atoms with Gasteiger partial charge >= 0.3 is 0 Å². The largest absolute Gasteiger partial charge is 0.292 e. The fourth-order valence-corrected chi connectivity index (χ4v) is 1.48. The molecule has 0 amide bonds. The molecular formula is C13H19N. The number of rotatable bonds is 4. The summed E-state index contributed by atoms with van der Waals surface area (Å²) in [5.74, 6) is 0. The van der Waals surface area contributed by atoms with E-state index in [0.717, 1.165) is 12.8 Å². The van der Waals surface area contributed by atoms with Crippen LogP contribution >= 0.6 is 0 Å². The van der Waals surface area contributed by atoms with E-state index < -0.39 is 0 Å². The van der Waals surface area contributed by atoms with E-state index in [0.29, 0.717) is 6.04 Å². The standard InChI is InChI=1S/C13H19N/c1-11(2)14-12(3)9-10-13-7-5-4-6-8-13/h4-8,11H,9-10H2,1-3H3. The number of nitrogens with zero attached hydrogens (tertiary/aromatic N) is 1. The van der Waals surface area contributed by atoms with Crippen molar-refractivity contribution < 1.29 is 0 Å². The van der Waals surface area contributed by atoms with Crippen molar-refractivity contribution in [2.24, 2.45) is 4.99 Å². The van der Waals surface area contributed by atoms with Crippen LogP contribution in [0.15, 0.2) is 35.3 Å². The Hall–Kier alpha value is -1.11. The molecular weight excluding hydrogens is 170 g/mol. The van der Waals surface area contributed by atoms with Crippen LogP contribution in [-0.2, 0) is 6.42 Å². The second kappa shape index (κ2) is 5.58. The molecule has 1 rings (SSSR count). The third-order valence-electron chi connectivity index (χ3n) is 2.10. The summed E-state index contributed by atoms with van der Waals surface area (Å²) in [6.45, 7) is 6.35. The minimum Gasteiger partial charge on any atom is -0.292 e. The normalized spacial score (nSPS) is 12.1. The van der Waals surface area contributed by atoms with E-state index in [2.05, 4.69) is 56.1 Å². The number of hydrogen-bond donors (Lipinski definition) is 0. The smallest absolute Gasteiger partial charge is 0.0442 e. The van der Waals surface area contributed by atoms with Crippen LogP contribution in [0.3, 0.4) is 0 Å². The van der Waals surface area contributed by atoms with Gasteiger partial charge in [-0.05, 0) is 39.2 Å². The number of aryl methyl sites for hydroxylation is 1. The molecule has 0 heterocycles. The second-order valence-corrected chi connectivity index (χ2v) is 3.94. The molecule has 0 N–H and O–H groups in total. The van der Waals surface area contributed by atoms with Crippen LogP contribution in [0.25, 0.3) is 0 Å². The van der Waals surface area contributed by atoms with Crippen LogP contribution in [-0.4, -0.2) is 11.8 Å². The predicted molar refractivity (Wildman–Crippen MR) is 63.0 cm³/mol. The third-order valence-corrected chi connectivity index (χ3v) is 2.10. The molecule has 0 atom stereocenters. The summed E-state index contributed by atoms with van der Waals surface area (Å²) in [4.78, 5) is 4.51. The quantitative estimate of drug-likeness (QED) is 0.643. The van der Waals surface area contributed by atoms with Crippen molar-refractivity contribution in [1.82, 2.24) is 0 Å². The molecule has 14 heavy (non-hydrogen) atoms. The van der Waals surface area contributed by atoms with Crippen molar-refractivity contribution in [2.75, 3.05) is 0 Å². The van der Waals surface area contributed by atoms with Crippen LogP contribution in [0, 0.1) is 0 Å². The zero-order chi connectivity index (χ0) is 10.4. The van der Waals surface area contributed by atoms with Gasteiger partial charge in [-0.3, -0.25) is 4.99 Å². The van der Waals surface area contributed by atoms with Crippen LogP contribution in [0.2, 0.25) is 0 Å². The Balaban J connectivity index is 2.42. The molecule has 0 aliphatic carbocycles. The second-order valence-electron chi connectivity index (χ2n) is 3.94. The molecule has 1 nitrogen and oxygen atoms in total. The highest BCUT2D eigenvalue weighted by molar-refractivity contribution is 5.82. The van der Waals surface area contributed by atoms with Crippen molar-refractivity contribution in [2.45, 2.75) is 39.7 Å². The van der Waals surface area contributed by atoms with Crippen LogP contribution in [0.5, 0.6) is 0 Å². The van der Waals surface area contributed by atoms with Crippen molar-refractivity contribution in [3.8, 4) is 0 Å². The Kier molecular flexibility index (Phi) is 4.37. The number of benzene rings is 1. The van der Waals surface area contributed by atoms with Crippen molar-refractivity contribution in [1.29, 1.82) is 0 Å². The molecule has 0 fully saturated rings. The molecule has 0 aromatic heterocycles. The minimum atomic E-state index is 0.422. The van der Waals surface area contributed by atoms with E-state index >= 15 is 0 Å². The van der Waals surface area contributed by atoms with Gasteiger partial charge in [0, 0.05) is 11.8 Å². The Morgan fingerprint density at radius 1 is 1.21 bits per heavy atom. The van der Waals surface area contributed by atoms with Gasteiger partial charge in [-0.1, -0.05) is 30.3 Å².